The first kappa shape index (κ1) is 13.0. The van der Waals surface area contributed by atoms with E-state index in [2.05, 4.69) is 0 Å². The van der Waals surface area contributed by atoms with Crippen LogP contribution in [0.5, 0.6) is 0 Å². The fourth-order valence-electron chi connectivity index (χ4n) is 1.37. The van der Waals surface area contributed by atoms with Gasteiger partial charge in [0.05, 0.1) is 12.2 Å². The van der Waals surface area contributed by atoms with Gasteiger partial charge in [0, 0.05) is 12.2 Å². The smallest absolute Gasteiger partial charge is 0.331 e. The number of hydrogen-bond donors (Lipinski definition) is 0. The lowest BCUT2D eigenvalue weighted by Gasteiger charge is -1.99. The lowest BCUT2D eigenvalue weighted by molar-refractivity contribution is -0.140. The molecule has 2 rings (SSSR count). The third-order valence-corrected chi connectivity index (χ3v) is 2.81. The topological polar surface area (TPSA) is 77.7 Å². The van der Waals surface area contributed by atoms with Crippen LogP contribution in [0.25, 0.3) is 0 Å². The van der Waals surface area contributed by atoms with E-state index in [1.165, 1.54) is 0 Å². The van der Waals surface area contributed by atoms with Crippen LogP contribution < -0.4 is 0 Å². The van der Waals surface area contributed by atoms with Gasteiger partial charge in [-0.05, 0) is 13.8 Å². The Morgan fingerprint density at radius 3 is 1.56 bits per heavy atom. The average Bonchev–Trinajstić information content (AvgIpc) is 3.21. The molecule has 0 N–H and O–H groups in total. The summed E-state index contributed by atoms with van der Waals surface area (Å²) >= 11 is 0. The molecule has 2 aliphatic heterocycles. The van der Waals surface area contributed by atoms with E-state index in [4.69, 9.17) is 18.9 Å². The van der Waals surface area contributed by atoms with Crippen LogP contribution in [-0.2, 0) is 28.5 Å². The molecule has 4 unspecified atom stereocenters. The van der Waals surface area contributed by atoms with E-state index >= 15 is 0 Å². The minimum atomic E-state index is -0.578. The van der Waals surface area contributed by atoms with Crippen molar-refractivity contribution in [2.24, 2.45) is 0 Å². The van der Waals surface area contributed by atoms with E-state index in [0.717, 1.165) is 12.2 Å². The molecule has 4 atom stereocenters. The molecule has 0 radical (unpaired) electrons. The van der Waals surface area contributed by atoms with Crippen molar-refractivity contribution in [3.63, 3.8) is 0 Å². The van der Waals surface area contributed by atoms with Gasteiger partial charge in [-0.15, -0.1) is 0 Å². The van der Waals surface area contributed by atoms with Crippen LogP contribution >= 0.6 is 0 Å². The number of esters is 2. The van der Waals surface area contributed by atoms with Crippen LogP contribution in [0.15, 0.2) is 12.2 Å². The first-order valence-electron chi connectivity index (χ1n) is 5.89. The zero-order valence-electron chi connectivity index (χ0n) is 10.3. The van der Waals surface area contributed by atoms with Gasteiger partial charge in [-0.25, -0.2) is 9.59 Å². The molecule has 0 amide bonds. The van der Waals surface area contributed by atoms with E-state index < -0.39 is 11.9 Å². The molecular weight excluding hydrogens is 240 g/mol. The second kappa shape index (κ2) is 5.49. The Labute approximate surface area is 105 Å². The van der Waals surface area contributed by atoms with Gasteiger partial charge in [-0.1, -0.05) is 0 Å². The summed E-state index contributed by atoms with van der Waals surface area (Å²) in [6.07, 6.45) is 2.37. The summed E-state index contributed by atoms with van der Waals surface area (Å²) in [6.45, 7) is 4.22. The van der Waals surface area contributed by atoms with Gasteiger partial charge >= 0.3 is 11.9 Å². The molecule has 6 heteroatoms. The van der Waals surface area contributed by atoms with E-state index in [-0.39, 0.29) is 37.6 Å². The summed E-state index contributed by atoms with van der Waals surface area (Å²) in [5, 5.41) is 0. The normalized spacial score (nSPS) is 33.2. The Morgan fingerprint density at radius 2 is 1.28 bits per heavy atom. The lowest BCUT2D eigenvalue weighted by Crippen LogP contribution is -2.11. The molecule has 0 aromatic heterocycles. The first-order valence-corrected chi connectivity index (χ1v) is 5.89. The van der Waals surface area contributed by atoms with Crippen LogP contribution in [-0.4, -0.2) is 49.6 Å². The summed E-state index contributed by atoms with van der Waals surface area (Å²) in [7, 11) is 0. The van der Waals surface area contributed by atoms with Crippen LogP contribution in [0, 0.1) is 0 Å². The van der Waals surface area contributed by atoms with Gasteiger partial charge in [0.25, 0.3) is 0 Å². The number of carbonyl (C=O) groups excluding carboxylic acids is 2. The highest BCUT2D eigenvalue weighted by atomic mass is 16.6. The Kier molecular flexibility index (Phi) is 3.98. The maximum atomic E-state index is 11.2. The van der Waals surface area contributed by atoms with E-state index in [9.17, 15) is 9.59 Å². The molecular formula is C12H16O6. The second-order valence-electron chi connectivity index (χ2n) is 4.35. The summed E-state index contributed by atoms with van der Waals surface area (Å²) in [5.74, 6) is -1.16. The monoisotopic (exact) mass is 256 g/mol. The largest absolute Gasteiger partial charge is 0.460 e. The van der Waals surface area contributed by atoms with Gasteiger partial charge in [0.15, 0.2) is 0 Å². The number of rotatable bonds is 6. The van der Waals surface area contributed by atoms with Crippen molar-refractivity contribution >= 4 is 11.9 Å². The number of carbonyl (C=O) groups is 2. The molecule has 100 valence electrons. The predicted octanol–water partition coefficient (Wildman–Crippen LogP) is 0.204. The highest BCUT2D eigenvalue weighted by molar-refractivity contribution is 5.91. The van der Waals surface area contributed by atoms with Gasteiger partial charge < -0.3 is 18.9 Å². The molecule has 0 saturated carbocycles. The highest BCUT2D eigenvalue weighted by Crippen LogP contribution is 2.21. The van der Waals surface area contributed by atoms with E-state index in [0.29, 0.717) is 0 Å². The Balaban J connectivity index is 1.56. The standard InChI is InChI=1S/C12H16O6/c1-7-9(17-7)5-15-11(13)3-4-12(14)16-6-10-8(2)18-10/h3-4,7-10H,5-6H2,1-2H3. The Bertz CT molecular complexity index is 330. The minimum absolute atomic E-state index is 0.0113. The predicted molar refractivity (Wildman–Crippen MR) is 59.7 cm³/mol. The van der Waals surface area contributed by atoms with Crippen LogP contribution in [0.1, 0.15) is 13.8 Å². The molecule has 2 fully saturated rings. The van der Waals surface area contributed by atoms with Crippen molar-refractivity contribution in [3.05, 3.63) is 12.2 Å². The number of epoxide rings is 2. The summed E-state index contributed by atoms with van der Waals surface area (Å²) in [6, 6.07) is 0. The maximum Gasteiger partial charge on any atom is 0.331 e. The molecule has 2 heterocycles. The maximum absolute atomic E-state index is 11.2. The summed E-state index contributed by atoms with van der Waals surface area (Å²) in [5.41, 5.74) is 0. The van der Waals surface area contributed by atoms with Gasteiger partial charge in [0.1, 0.15) is 25.4 Å². The number of ether oxygens (including phenoxy) is 4. The SMILES string of the molecule is CC1OC1COC(=O)C=CC(=O)OCC1OC1C. The van der Waals surface area contributed by atoms with Crippen molar-refractivity contribution in [2.75, 3.05) is 13.2 Å². The van der Waals surface area contributed by atoms with Crippen molar-refractivity contribution in [2.45, 2.75) is 38.3 Å². The minimum Gasteiger partial charge on any atom is -0.460 e. The zero-order valence-corrected chi connectivity index (χ0v) is 10.3. The Hall–Kier alpha value is -1.40. The molecule has 6 nitrogen and oxygen atoms in total. The molecule has 2 saturated heterocycles. The number of hydrogen-bond acceptors (Lipinski definition) is 6. The van der Waals surface area contributed by atoms with Crippen molar-refractivity contribution in [3.8, 4) is 0 Å². The third-order valence-electron chi connectivity index (χ3n) is 2.81. The van der Waals surface area contributed by atoms with E-state index in [1.807, 2.05) is 13.8 Å². The van der Waals surface area contributed by atoms with Crippen molar-refractivity contribution in [1.82, 2.24) is 0 Å². The molecule has 18 heavy (non-hydrogen) atoms. The fraction of sp³-hybridized carbons (Fsp3) is 0.667. The van der Waals surface area contributed by atoms with Gasteiger partial charge in [-0.3, -0.25) is 0 Å². The van der Waals surface area contributed by atoms with E-state index in [1.54, 1.807) is 0 Å². The second-order valence-corrected chi connectivity index (χ2v) is 4.35. The van der Waals surface area contributed by atoms with Gasteiger partial charge in [-0.2, -0.15) is 0 Å². The van der Waals surface area contributed by atoms with Crippen molar-refractivity contribution < 1.29 is 28.5 Å². The summed E-state index contributed by atoms with van der Waals surface area (Å²) in [4.78, 5) is 22.4. The quantitative estimate of drug-likeness (QED) is 0.384. The molecule has 0 aromatic carbocycles. The summed E-state index contributed by atoms with van der Waals surface area (Å²) < 4.78 is 19.9. The lowest BCUT2D eigenvalue weighted by atomic mass is 10.4. The molecule has 2 aliphatic rings. The van der Waals surface area contributed by atoms with Crippen LogP contribution in [0.4, 0.5) is 0 Å². The molecule has 0 aromatic rings. The van der Waals surface area contributed by atoms with Crippen molar-refractivity contribution in [1.29, 1.82) is 0 Å². The average molecular weight is 256 g/mol. The van der Waals surface area contributed by atoms with Crippen LogP contribution in [0.3, 0.4) is 0 Å². The molecule has 0 bridgehead atoms. The van der Waals surface area contributed by atoms with Crippen LogP contribution in [0.2, 0.25) is 0 Å². The fourth-order valence-corrected chi connectivity index (χ4v) is 1.37. The molecule has 0 spiro atoms. The van der Waals surface area contributed by atoms with Gasteiger partial charge in [0.2, 0.25) is 0 Å². The first-order chi connectivity index (χ1) is 8.56. The zero-order chi connectivity index (χ0) is 13.1. The highest BCUT2D eigenvalue weighted by Gasteiger charge is 2.35. The molecule has 0 aliphatic carbocycles. The Morgan fingerprint density at radius 1 is 0.944 bits per heavy atom. The third kappa shape index (κ3) is 4.12.